The van der Waals surface area contributed by atoms with Gasteiger partial charge in [0, 0.05) is 11.6 Å². The predicted molar refractivity (Wildman–Crippen MR) is 90.0 cm³/mol. The summed E-state index contributed by atoms with van der Waals surface area (Å²) >= 11 is 19.8. The summed E-state index contributed by atoms with van der Waals surface area (Å²) in [7, 11) is 0. The van der Waals surface area contributed by atoms with Crippen molar-refractivity contribution in [3.05, 3.63) is 38.8 Å². The highest BCUT2D eigenvalue weighted by atomic mass is 35.5. The Morgan fingerprint density at radius 1 is 1.22 bits per heavy atom. The number of carbonyl (C=O) groups is 1. The number of carboxylic acid groups (broad SMARTS) is 1. The second-order valence-electron chi connectivity index (χ2n) is 4.74. The van der Waals surface area contributed by atoms with Crippen LogP contribution >= 0.6 is 46.6 Å². The van der Waals surface area contributed by atoms with Gasteiger partial charge in [0.15, 0.2) is 6.61 Å². The minimum atomic E-state index is -1.08. The fourth-order valence-corrected chi connectivity index (χ4v) is 3.80. The van der Waals surface area contributed by atoms with Gasteiger partial charge in [-0.05, 0) is 19.1 Å². The molecule has 0 fully saturated rings. The smallest absolute Gasteiger partial charge is 0.341 e. The number of ether oxygens (including phenoxy) is 2. The van der Waals surface area contributed by atoms with E-state index in [0.29, 0.717) is 21.5 Å². The second-order valence-corrected chi connectivity index (χ2v) is 7.02. The summed E-state index contributed by atoms with van der Waals surface area (Å²) < 4.78 is 11.1. The van der Waals surface area contributed by atoms with Crippen molar-refractivity contribution >= 4 is 52.5 Å². The molecular formula is C15H9Cl3O4S. The Labute approximate surface area is 151 Å². The molecule has 0 atom stereocenters. The molecule has 0 bridgehead atoms. The first-order valence-corrected chi connectivity index (χ1v) is 8.34. The Balaban J connectivity index is 1.99. The van der Waals surface area contributed by atoms with E-state index in [1.807, 2.05) is 6.92 Å². The van der Waals surface area contributed by atoms with Gasteiger partial charge in [0.25, 0.3) is 0 Å². The molecule has 2 aromatic rings. The predicted octanol–water partition coefficient (Wildman–Crippen LogP) is 5.68. The molecule has 23 heavy (non-hydrogen) atoms. The molecule has 1 aliphatic heterocycles. The lowest BCUT2D eigenvalue weighted by Crippen LogP contribution is -2.10. The van der Waals surface area contributed by atoms with E-state index in [-0.39, 0.29) is 10.8 Å². The minimum Gasteiger partial charge on any atom is -0.480 e. The van der Waals surface area contributed by atoms with Gasteiger partial charge in [-0.2, -0.15) is 0 Å². The Kier molecular flexibility index (Phi) is 4.56. The molecule has 120 valence electrons. The van der Waals surface area contributed by atoms with Gasteiger partial charge in [0.1, 0.15) is 17.2 Å². The van der Waals surface area contributed by atoms with E-state index in [1.165, 1.54) is 11.8 Å². The number of hydrogen-bond acceptors (Lipinski definition) is 4. The monoisotopic (exact) mass is 390 g/mol. The number of aliphatic carboxylic acids is 1. The van der Waals surface area contributed by atoms with Crippen molar-refractivity contribution < 1.29 is 19.4 Å². The first-order chi connectivity index (χ1) is 10.9. The molecule has 1 N–H and O–H groups in total. The van der Waals surface area contributed by atoms with Gasteiger partial charge in [0.2, 0.25) is 0 Å². The van der Waals surface area contributed by atoms with Crippen molar-refractivity contribution in [2.75, 3.05) is 6.61 Å². The van der Waals surface area contributed by atoms with E-state index in [1.54, 1.807) is 18.2 Å². The maximum absolute atomic E-state index is 10.6. The van der Waals surface area contributed by atoms with E-state index in [4.69, 9.17) is 49.4 Å². The van der Waals surface area contributed by atoms with Crippen LogP contribution in [0, 0.1) is 6.92 Å². The first-order valence-electron chi connectivity index (χ1n) is 6.39. The Morgan fingerprint density at radius 3 is 2.65 bits per heavy atom. The molecule has 0 unspecified atom stereocenters. The summed E-state index contributed by atoms with van der Waals surface area (Å²) in [6.07, 6.45) is 0. The topological polar surface area (TPSA) is 55.8 Å². The maximum Gasteiger partial charge on any atom is 0.341 e. The molecule has 0 radical (unpaired) electrons. The maximum atomic E-state index is 10.6. The molecule has 0 aliphatic carbocycles. The van der Waals surface area contributed by atoms with E-state index >= 15 is 0 Å². The van der Waals surface area contributed by atoms with Gasteiger partial charge in [-0.3, -0.25) is 0 Å². The third kappa shape index (κ3) is 3.19. The van der Waals surface area contributed by atoms with Crippen LogP contribution in [0.15, 0.2) is 28.0 Å². The van der Waals surface area contributed by atoms with Gasteiger partial charge in [0.05, 0.1) is 24.9 Å². The van der Waals surface area contributed by atoms with Crippen LogP contribution in [0.4, 0.5) is 0 Å². The lowest BCUT2D eigenvalue weighted by atomic mass is 10.2. The lowest BCUT2D eigenvalue weighted by molar-refractivity contribution is -0.139. The third-order valence-electron chi connectivity index (χ3n) is 3.14. The second kappa shape index (κ2) is 6.32. The van der Waals surface area contributed by atoms with Gasteiger partial charge >= 0.3 is 5.97 Å². The van der Waals surface area contributed by atoms with E-state index < -0.39 is 12.6 Å². The average Bonchev–Trinajstić information content (AvgIpc) is 2.49. The summed E-state index contributed by atoms with van der Waals surface area (Å²) in [5.41, 5.74) is 0.745. The van der Waals surface area contributed by atoms with Crippen molar-refractivity contribution in [3.63, 3.8) is 0 Å². The SMILES string of the molecule is Cc1c(Cl)c(Cl)cc2c1Oc1cc(Cl)c(OCC(=O)O)cc1S2. The summed E-state index contributed by atoms with van der Waals surface area (Å²) in [5.74, 6) is 0.387. The Morgan fingerprint density at radius 2 is 1.96 bits per heavy atom. The lowest BCUT2D eigenvalue weighted by Gasteiger charge is -2.23. The highest BCUT2D eigenvalue weighted by molar-refractivity contribution is 7.99. The molecule has 0 spiro atoms. The van der Waals surface area contributed by atoms with Crippen molar-refractivity contribution in [3.8, 4) is 17.2 Å². The van der Waals surface area contributed by atoms with Crippen molar-refractivity contribution in [2.24, 2.45) is 0 Å². The van der Waals surface area contributed by atoms with Gasteiger partial charge in [-0.1, -0.05) is 46.6 Å². The van der Waals surface area contributed by atoms with Gasteiger partial charge in [-0.15, -0.1) is 0 Å². The summed E-state index contributed by atoms with van der Waals surface area (Å²) in [6, 6.07) is 4.96. The molecule has 4 nitrogen and oxygen atoms in total. The molecule has 0 saturated heterocycles. The largest absolute Gasteiger partial charge is 0.480 e. The molecular weight excluding hydrogens is 383 g/mol. The fraction of sp³-hybridized carbons (Fsp3) is 0.133. The van der Waals surface area contributed by atoms with E-state index in [9.17, 15) is 4.79 Å². The minimum absolute atomic E-state index is 0.270. The Bertz CT molecular complexity index is 823. The van der Waals surface area contributed by atoms with Crippen LogP contribution in [-0.4, -0.2) is 17.7 Å². The number of rotatable bonds is 3. The zero-order chi connectivity index (χ0) is 16.7. The zero-order valence-electron chi connectivity index (χ0n) is 11.7. The number of halogens is 3. The number of carboxylic acids is 1. The summed E-state index contributed by atoms with van der Waals surface area (Å²) in [4.78, 5) is 12.2. The van der Waals surface area contributed by atoms with Crippen molar-refractivity contribution in [1.29, 1.82) is 0 Å². The van der Waals surface area contributed by atoms with Crippen LogP contribution in [0.2, 0.25) is 15.1 Å². The van der Waals surface area contributed by atoms with E-state index in [0.717, 1.165) is 15.4 Å². The molecule has 0 amide bonds. The molecule has 0 saturated carbocycles. The summed E-state index contributed by atoms with van der Waals surface area (Å²) in [5, 5.41) is 9.86. The highest BCUT2D eigenvalue weighted by Gasteiger charge is 2.24. The van der Waals surface area contributed by atoms with E-state index in [2.05, 4.69) is 0 Å². The molecule has 3 rings (SSSR count). The van der Waals surface area contributed by atoms with Crippen LogP contribution in [0.25, 0.3) is 0 Å². The van der Waals surface area contributed by atoms with Crippen LogP contribution in [-0.2, 0) is 4.79 Å². The van der Waals surface area contributed by atoms with Crippen molar-refractivity contribution in [2.45, 2.75) is 16.7 Å². The van der Waals surface area contributed by atoms with Gasteiger partial charge < -0.3 is 14.6 Å². The van der Waals surface area contributed by atoms with Gasteiger partial charge in [-0.25, -0.2) is 4.79 Å². The third-order valence-corrected chi connectivity index (χ3v) is 5.38. The van der Waals surface area contributed by atoms with Crippen LogP contribution in [0.5, 0.6) is 17.2 Å². The molecule has 8 heteroatoms. The first kappa shape index (κ1) is 16.6. The normalized spacial score (nSPS) is 12.2. The van der Waals surface area contributed by atoms with Crippen LogP contribution in [0.3, 0.4) is 0 Å². The fourth-order valence-electron chi connectivity index (χ4n) is 2.06. The Hall–Kier alpha value is -1.27. The number of benzene rings is 2. The molecule has 2 aromatic carbocycles. The molecule has 1 heterocycles. The summed E-state index contributed by atoms with van der Waals surface area (Å²) in [6.45, 7) is 1.35. The number of hydrogen-bond donors (Lipinski definition) is 1. The highest BCUT2D eigenvalue weighted by Crippen LogP contribution is 2.53. The zero-order valence-corrected chi connectivity index (χ0v) is 14.7. The number of fused-ring (bicyclic) bond motifs is 2. The van der Waals surface area contributed by atoms with Crippen LogP contribution in [0.1, 0.15) is 5.56 Å². The van der Waals surface area contributed by atoms with Crippen molar-refractivity contribution in [1.82, 2.24) is 0 Å². The molecule has 0 aromatic heterocycles. The average molecular weight is 392 g/mol. The standard InChI is InChI=1S/C15H9Cl3O4S/c1-6-14(18)8(17)3-12-15(6)22-10-2-7(16)9(4-11(10)23-12)21-5-13(19)20/h2-4H,5H2,1H3,(H,19,20). The molecule has 1 aliphatic rings. The van der Waals surface area contributed by atoms with Crippen LogP contribution < -0.4 is 9.47 Å². The quantitative estimate of drug-likeness (QED) is 0.623.